The molecule has 1 aromatic carbocycles. The second kappa shape index (κ2) is 4.08. The Morgan fingerprint density at radius 2 is 2.12 bits per heavy atom. The van der Waals surface area contributed by atoms with E-state index in [1.165, 1.54) is 9.77 Å². The van der Waals surface area contributed by atoms with Crippen LogP contribution in [0.3, 0.4) is 0 Å². The van der Waals surface area contributed by atoms with Gasteiger partial charge in [0.25, 0.3) is 0 Å². The Kier molecular flexibility index (Phi) is 2.72. The van der Waals surface area contributed by atoms with Crippen LogP contribution in [-0.2, 0) is 5.75 Å². The van der Waals surface area contributed by atoms with Gasteiger partial charge in [-0.2, -0.15) is 0 Å². The van der Waals surface area contributed by atoms with Gasteiger partial charge in [0.2, 0.25) is 0 Å². The minimum absolute atomic E-state index is 0.537. The van der Waals surface area contributed by atoms with Gasteiger partial charge in [-0.05, 0) is 34.7 Å². The Balaban J connectivity index is 2.18. The fourth-order valence-electron chi connectivity index (χ4n) is 1.89. The summed E-state index contributed by atoms with van der Waals surface area (Å²) in [6.07, 6.45) is -0.537. The third-order valence-electron chi connectivity index (χ3n) is 2.71. The topological polar surface area (TPSA) is 20.2 Å². The summed E-state index contributed by atoms with van der Waals surface area (Å²) in [7, 11) is 0. The highest BCUT2D eigenvalue weighted by atomic mass is 35.5. The van der Waals surface area contributed by atoms with Crippen molar-refractivity contribution in [1.82, 2.24) is 0 Å². The van der Waals surface area contributed by atoms with E-state index >= 15 is 0 Å². The van der Waals surface area contributed by atoms with Crippen molar-refractivity contribution in [2.75, 3.05) is 0 Å². The molecule has 0 saturated carbocycles. The number of hydrogen-bond donors (Lipinski definition) is 1. The maximum atomic E-state index is 10.3. The van der Waals surface area contributed by atoms with Gasteiger partial charge < -0.3 is 5.11 Å². The fraction of sp³-hybridized carbons (Fsp3) is 0.167. The van der Waals surface area contributed by atoms with E-state index < -0.39 is 6.10 Å². The molecule has 0 fully saturated rings. The van der Waals surface area contributed by atoms with Crippen molar-refractivity contribution in [3.05, 3.63) is 51.4 Å². The maximum absolute atomic E-state index is 10.3. The molecular weight excluding hydrogens is 260 g/mol. The predicted molar refractivity (Wildman–Crippen MR) is 69.4 cm³/mol. The van der Waals surface area contributed by atoms with E-state index in [0.717, 1.165) is 16.9 Å². The molecule has 16 heavy (non-hydrogen) atoms. The van der Waals surface area contributed by atoms with Crippen molar-refractivity contribution in [2.24, 2.45) is 0 Å². The first kappa shape index (κ1) is 10.7. The number of benzene rings is 1. The predicted octanol–water partition coefficient (Wildman–Crippen LogP) is 4.09. The van der Waals surface area contributed by atoms with Crippen LogP contribution in [0, 0.1) is 0 Å². The van der Waals surface area contributed by atoms with Crippen LogP contribution in [0.2, 0.25) is 5.02 Å². The zero-order valence-electron chi connectivity index (χ0n) is 8.31. The van der Waals surface area contributed by atoms with Crippen molar-refractivity contribution < 1.29 is 5.11 Å². The summed E-state index contributed by atoms with van der Waals surface area (Å²) in [5.41, 5.74) is 3.12. The Morgan fingerprint density at radius 1 is 1.25 bits per heavy atom. The van der Waals surface area contributed by atoms with Crippen LogP contribution in [0.5, 0.6) is 0 Å². The van der Waals surface area contributed by atoms with Crippen molar-refractivity contribution in [1.29, 1.82) is 0 Å². The molecule has 2 heterocycles. The summed E-state index contributed by atoms with van der Waals surface area (Å²) in [5.74, 6) is 0.900. The molecule has 0 bridgehead atoms. The van der Waals surface area contributed by atoms with Crippen LogP contribution < -0.4 is 0 Å². The molecule has 1 N–H and O–H groups in total. The number of thioether (sulfide) groups is 1. The van der Waals surface area contributed by atoms with E-state index in [2.05, 4.69) is 0 Å². The molecular formula is C12H9ClOS2. The molecule has 3 rings (SSSR count). The zero-order valence-corrected chi connectivity index (χ0v) is 10.7. The molecule has 0 unspecified atom stereocenters. The SMILES string of the molecule is O[C@H]1c2cc(Cl)ccc2CSc2sccc21. The highest BCUT2D eigenvalue weighted by molar-refractivity contribution is 8.00. The van der Waals surface area contributed by atoms with Crippen molar-refractivity contribution in [3.63, 3.8) is 0 Å². The van der Waals surface area contributed by atoms with Crippen molar-refractivity contribution in [3.8, 4) is 0 Å². The standard InChI is InChI=1S/C12H9ClOS2/c13-8-2-1-7-6-16-12-9(3-4-15-12)11(14)10(7)5-8/h1-5,11,14H,6H2/t11-/m1/s1. The van der Waals surface area contributed by atoms with Crippen molar-refractivity contribution >= 4 is 34.7 Å². The quantitative estimate of drug-likeness (QED) is 0.777. The summed E-state index contributed by atoms with van der Waals surface area (Å²) in [6.45, 7) is 0. The number of halogens is 1. The Hall–Kier alpha value is -0.480. The average molecular weight is 269 g/mol. The Labute approximate surface area is 107 Å². The summed E-state index contributed by atoms with van der Waals surface area (Å²) >= 11 is 9.45. The summed E-state index contributed by atoms with van der Waals surface area (Å²) in [5, 5.41) is 13.0. The first-order valence-electron chi connectivity index (χ1n) is 4.92. The van der Waals surface area contributed by atoms with Crippen molar-refractivity contribution in [2.45, 2.75) is 16.1 Å². The molecule has 0 spiro atoms. The average Bonchev–Trinajstić information content (AvgIpc) is 2.70. The number of fused-ring (bicyclic) bond motifs is 2. The number of aliphatic hydroxyl groups is 1. The second-order valence-electron chi connectivity index (χ2n) is 3.70. The smallest absolute Gasteiger partial charge is 0.106 e. The molecule has 1 aliphatic rings. The molecule has 1 nitrogen and oxygen atoms in total. The van der Waals surface area contributed by atoms with Crippen LogP contribution in [0.25, 0.3) is 0 Å². The zero-order chi connectivity index (χ0) is 11.1. The number of thiophene rings is 1. The van der Waals surface area contributed by atoms with Gasteiger partial charge in [0.15, 0.2) is 0 Å². The number of aliphatic hydroxyl groups excluding tert-OH is 1. The molecule has 1 atom stereocenters. The minimum atomic E-state index is -0.537. The monoisotopic (exact) mass is 268 g/mol. The lowest BCUT2D eigenvalue weighted by Crippen LogP contribution is -2.00. The fourth-order valence-corrected chi connectivity index (χ4v) is 4.23. The third kappa shape index (κ3) is 1.68. The highest BCUT2D eigenvalue weighted by Crippen LogP contribution is 2.42. The van der Waals surface area contributed by atoms with E-state index in [1.807, 2.05) is 29.6 Å². The van der Waals surface area contributed by atoms with Gasteiger partial charge in [0, 0.05) is 16.3 Å². The van der Waals surface area contributed by atoms with Crippen LogP contribution in [0.1, 0.15) is 22.8 Å². The molecule has 0 aliphatic carbocycles. The molecule has 0 amide bonds. The normalized spacial score (nSPS) is 18.8. The molecule has 1 aromatic heterocycles. The van der Waals surface area contributed by atoms with E-state index in [-0.39, 0.29) is 0 Å². The van der Waals surface area contributed by atoms with Gasteiger partial charge in [-0.25, -0.2) is 0 Å². The summed E-state index contributed by atoms with van der Waals surface area (Å²) in [4.78, 5) is 0. The van der Waals surface area contributed by atoms with Crippen LogP contribution >= 0.6 is 34.7 Å². The molecule has 0 radical (unpaired) electrons. The largest absolute Gasteiger partial charge is 0.384 e. The maximum Gasteiger partial charge on any atom is 0.106 e. The van der Waals surface area contributed by atoms with E-state index in [9.17, 15) is 5.11 Å². The third-order valence-corrected chi connectivity index (χ3v) is 5.27. The second-order valence-corrected chi connectivity index (χ2v) is 6.29. The van der Waals surface area contributed by atoms with Crippen LogP contribution in [0.4, 0.5) is 0 Å². The highest BCUT2D eigenvalue weighted by Gasteiger charge is 2.23. The van der Waals surface area contributed by atoms with Crippen LogP contribution in [0.15, 0.2) is 33.9 Å². The van der Waals surface area contributed by atoms with Gasteiger partial charge in [-0.1, -0.05) is 17.7 Å². The lowest BCUT2D eigenvalue weighted by atomic mass is 10.00. The molecule has 0 saturated heterocycles. The molecule has 4 heteroatoms. The Bertz CT molecular complexity index is 536. The molecule has 1 aliphatic heterocycles. The molecule has 82 valence electrons. The lowest BCUT2D eigenvalue weighted by molar-refractivity contribution is 0.218. The number of hydrogen-bond acceptors (Lipinski definition) is 3. The van der Waals surface area contributed by atoms with E-state index in [0.29, 0.717) is 5.02 Å². The first-order chi connectivity index (χ1) is 7.75. The number of rotatable bonds is 0. The van der Waals surface area contributed by atoms with Gasteiger partial charge in [0.05, 0.1) is 4.21 Å². The van der Waals surface area contributed by atoms with Gasteiger partial charge in [-0.15, -0.1) is 23.1 Å². The molecule has 2 aromatic rings. The summed E-state index contributed by atoms with van der Waals surface area (Å²) < 4.78 is 1.21. The van der Waals surface area contributed by atoms with Gasteiger partial charge in [0.1, 0.15) is 6.10 Å². The van der Waals surface area contributed by atoms with Gasteiger partial charge >= 0.3 is 0 Å². The Morgan fingerprint density at radius 3 is 3.00 bits per heavy atom. The lowest BCUT2D eigenvalue weighted by Gasteiger charge is -2.12. The minimum Gasteiger partial charge on any atom is -0.384 e. The van der Waals surface area contributed by atoms with Gasteiger partial charge in [-0.3, -0.25) is 0 Å². The summed E-state index contributed by atoms with van der Waals surface area (Å²) in [6, 6.07) is 7.75. The first-order valence-corrected chi connectivity index (χ1v) is 7.16. The van der Waals surface area contributed by atoms with E-state index in [4.69, 9.17) is 11.6 Å². The van der Waals surface area contributed by atoms with E-state index in [1.54, 1.807) is 23.1 Å². The van der Waals surface area contributed by atoms with Crippen LogP contribution in [-0.4, -0.2) is 5.11 Å².